The highest BCUT2D eigenvalue weighted by Crippen LogP contribution is 2.50. The lowest BCUT2D eigenvalue weighted by Crippen LogP contribution is -2.42. The van der Waals surface area contributed by atoms with Crippen molar-refractivity contribution in [2.75, 3.05) is 37.8 Å². The summed E-state index contributed by atoms with van der Waals surface area (Å²) in [4.78, 5) is 16.2. The lowest BCUT2D eigenvalue weighted by Gasteiger charge is -2.28. The maximum absolute atomic E-state index is 10.9. The highest BCUT2D eigenvalue weighted by atomic mass is 35.5. The van der Waals surface area contributed by atoms with E-state index in [9.17, 15) is 5.11 Å². The molecule has 8 rings (SSSR count). The third-order valence-electron chi connectivity index (χ3n) is 8.93. The first kappa shape index (κ1) is 27.5. The van der Waals surface area contributed by atoms with Crippen LogP contribution in [0.15, 0.2) is 24.7 Å². The van der Waals surface area contributed by atoms with E-state index in [0.717, 1.165) is 66.4 Å². The second-order valence-corrected chi connectivity index (χ2v) is 13.1. The molecule has 1 unspecified atom stereocenters. The van der Waals surface area contributed by atoms with Crippen LogP contribution < -0.4 is 4.90 Å². The first-order chi connectivity index (χ1) is 20.8. The van der Waals surface area contributed by atoms with E-state index in [4.69, 9.17) is 42.8 Å². The van der Waals surface area contributed by atoms with Crippen molar-refractivity contribution < 1.29 is 14.6 Å². The SMILES string of the molecule is Cc1cc2c(cnn2C2CCCCO2)c(-c2nccn3c2c(Cl)c2nc(Cl)nc(N4CCOC[C@@](C)(O)C4)c23)c1C1CC1. The van der Waals surface area contributed by atoms with E-state index < -0.39 is 5.60 Å². The van der Waals surface area contributed by atoms with Gasteiger partial charge in [-0.3, -0.25) is 4.98 Å². The molecule has 1 aliphatic carbocycles. The van der Waals surface area contributed by atoms with Gasteiger partial charge in [0, 0.05) is 36.5 Å². The third-order valence-corrected chi connectivity index (χ3v) is 9.46. The molecule has 4 aromatic heterocycles. The number of rotatable bonds is 4. The zero-order valence-corrected chi connectivity index (χ0v) is 25.7. The van der Waals surface area contributed by atoms with Crippen LogP contribution >= 0.6 is 23.2 Å². The van der Waals surface area contributed by atoms with Gasteiger partial charge in [-0.05, 0) is 80.7 Å². The van der Waals surface area contributed by atoms with Crippen molar-refractivity contribution in [1.29, 1.82) is 0 Å². The molecule has 3 aliphatic rings. The molecule has 5 aromatic rings. The normalized spacial score (nSPS) is 23.5. The van der Waals surface area contributed by atoms with Gasteiger partial charge in [0.05, 0.1) is 47.7 Å². The highest BCUT2D eigenvalue weighted by Gasteiger charge is 2.34. The van der Waals surface area contributed by atoms with Crippen molar-refractivity contribution in [1.82, 2.24) is 29.1 Å². The molecule has 10 nitrogen and oxygen atoms in total. The van der Waals surface area contributed by atoms with E-state index in [2.05, 4.69) is 23.0 Å². The number of β-amino-alcohol motifs (C(OH)–C–C–N with tert-alkyl or cyclic N) is 1. The molecule has 2 saturated heterocycles. The summed E-state index contributed by atoms with van der Waals surface area (Å²) < 4.78 is 15.9. The fraction of sp³-hybridized carbons (Fsp3) is 0.484. The lowest BCUT2D eigenvalue weighted by molar-refractivity contribution is -0.0366. The second-order valence-electron chi connectivity index (χ2n) is 12.4. The molecule has 0 amide bonds. The van der Waals surface area contributed by atoms with Gasteiger partial charge in [0.1, 0.15) is 16.6 Å². The number of ether oxygens (including phenoxy) is 2. The van der Waals surface area contributed by atoms with Crippen LogP contribution in [-0.4, -0.2) is 72.8 Å². The zero-order chi connectivity index (χ0) is 29.5. The standard InChI is InChI=1S/C31H33Cl2N7O3/c1-17-13-20-19(14-35-40(20)21-5-3-4-11-43-21)23(22(17)18-6-7-18)25-27-24(32)26-28(39(27)9-8-34-25)29(37-30(33)36-26)38-10-12-42-16-31(2,41)15-38/h8-9,13-14,18,21,41H,3-7,10-12,15-16H2,1-2H3/t21?,31-/m0/s1. The molecule has 0 bridgehead atoms. The maximum Gasteiger partial charge on any atom is 0.225 e. The van der Waals surface area contributed by atoms with Crippen molar-refractivity contribution in [3.8, 4) is 11.3 Å². The minimum Gasteiger partial charge on any atom is -0.386 e. The fourth-order valence-corrected chi connectivity index (χ4v) is 7.42. The number of benzene rings is 1. The average molecular weight is 623 g/mol. The van der Waals surface area contributed by atoms with Gasteiger partial charge in [0.15, 0.2) is 12.0 Å². The number of aromatic nitrogens is 6. The van der Waals surface area contributed by atoms with Crippen LogP contribution in [0.3, 0.4) is 0 Å². The second kappa shape index (κ2) is 10.3. The molecule has 2 aliphatic heterocycles. The molecular weight excluding hydrogens is 589 g/mol. The quantitative estimate of drug-likeness (QED) is 0.241. The van der Waals surface area contributed by atoms with E-state index >= 15 is 0 Å². The van der Waals surface area contributed by atoms with Gasteiger partial charge in [-0.1, -0.05) is 11.6 Å². The van der Waals surface area contributed by atoms with Crippen molar-refractivity contribution in [2.45, 2.75) is 63.7 Å². The van der Waals surface area contributed by atoms with Crippen molar-refractivity contribution >= 4 is 56.5 Å². The molecule has 0 spiro atoms. The summed E-state index contributed by atoms with van der Waals surface area (Å²) in [6.07, 6.45) is 11.0. The summed E-state index contributed by atoms with van der Waals surface area (Å²) in [5.41, 5.74) is 6.32. The number of halogens is 2. The predicted molar refractivity (Wildman–Crippen MR) is 166 cm³/mol. The van der Waals surface area contributed by atoms with Crippen LogP contribution in [0, 0.1) is 6.92 Å². The summed E-state index contributed by atoms with van der Waals surface area (Å²) in [6.45, 7) is 6.24. The predicted octanol–water partition coefficient (Wildman–Crippen LogP) is 6.07. The number of hydrogen-bond acceptors (Lipinski definition) is 8. The van der Waals surface area contributed by atoms with E-state index in [1.165, 1.54) is 11.1 Å². The molecule has 6 heterocycles. The molecule has 1 N–H and O–H groups in total. The van der Waals surface area contributed by atoms with Gasteiger partial charge in [-0.25, -0.2) is 9.67 Å². The van der Waals surface area contributed by atoms with Crippen LogP contribution in [0.5, 0.6) is 0 Å². The van der Waals surface area contributed by atoms with Crippen molar-refractivity contribution in [2.24, 2.45) is 0 Å². The van der Waals surface area contributed by atoms with Gasteiger partial charge in [0.2, 0.25) is 5.28 Å². The Morgan fingerprint density at radius 3 is 2.74 bits per heavy atom. The number of aliphatic hydroxyl groups is 1. The smallest absolute Gasteiger partial charge is 0.225 e. The van der Waals surface area contributed by atoms with E-state index in [-0.39, 0.29) is 18.1 Å². The monoisotopic (exact) mass is 621 g/mol. The highest BCUT2D eigenvalue weighted by molar-refractivity contribution is 6.40. The molecule has 1 aromatic carbocycles. The Hall–Kier alpha value is -3.02. The van der Waals surface area contributed by atoms with Crippen LogP contribution in [-0.2, 0) is 9.47 Å². The Morgan fingerprint density at radius 1 is 1.09 bits per heavy atom. The van der Waals surface area contributed by atoms with Crippen molar-refractivity contribution in [3.63, 3.8) is 0 Å². The van der Waals surface area contributed by atoms with Crippen molar-refractivity contribution in [3.05, 3.63) is 46.1 Å². The Morgan fingerprint density at radius 2 is 1.95 bits per heavy atom. The number of hydrogen-bond donors (Lipinski definition) is 1. The van der Waals surface area contributed by atoms with Gasteiger partial charge in [-0.15, -0.1) is 0 Å². The van der Waals surface area contributed by atoms with Crippen LogP contribution in [0.4, 0.5) is 5.82 Å². The first-order valence-electron chi connectivity index (χ1n) is 15.0. The molecule has 2 atom stereocenters. The number of nitrogens with zero attached hydrogens (tertiary/aromatic N) is 7. The van der Waals surface area contributed by atoms with E-state index in [1.807, 2.05) is 26.4 Å². The molecular formula is C31H33Cl2N7O3. The number of fused-ring (bicyclic) bond motifs is 4. The number of aryl methyl sites for hydroxylation is 1. The Balaban J connectivity index is 1.40. The summed E-state index contributed by atoms with van der Waals surface area (Å²) >= 11 is 13.8. The average Bonchev–Trinajstić information content (AvgIpc) is 3.72. The fourth-order valence-electron chi connectivity index (χ4n) is 6.94. The largest absolute Gasteiger partial charge is 0.386 e. The number of anilines is 1. The topological polar surface area (TPSA) is 103 Å². The van der Waals surface area contributed by atoms with Gasteiger partial charge in [-0.2, -0.15) is 10.1 Å². The molecule has 0 radical (unpaired) electrons. The van der Waals surface area contributed by atoms with Gasteiger partial charge < -0.3 is 23.9 Å². The minimum absolute atomic E-state index is 0.0803. The summed E-state index contributed by atoms with van der Waals surface area (Å²) in [5, 5.41) is 17.4. The first-order valence-corrected chi connectivity index (χ1v) is 15.8. The van der Waals surface area contributed by atoms with E-state index in [1.54, 1.807) is 13.1 Å². The Kier molecular flexibility index (Phi) is 6.58. The van der Waals surface area contributed by atoms with Crippen LogP contribution in [0.25, 0.3) is 38.7 Å². The summed E-state index contributed by atoms with van der Waals surface area (Å²) in [7, 11) is 0. The Bertz CT molecular complexity index is 1890. The molecule has 3 fully saturated rings. The van der Waals surface area contributed by atoms with E-state index in [0.29, 0.717) is 47.5 Å². The molecule has 12 heteroatoms. The third kappa shape index (κ3) is 4.57. The molecule has 1 saturated carbocycles. The van der Waals surface area contributed by atoms with Gasteiger partial charge >= 0.3 is 0 Å². The maximum atomic E-state index is 10.9. The van der Waals surface area contributed by atoms with Gasteiger partial charge in [0.25, 0.3) is 0 Å². The minimum atomic E-state index is -1.06. The van der Waals surface area contributed by atoms with Crippen LogP contribution in [0.2, 0.25) is 10.3 Å². The molecule has 43 heavy (non-hydrogen) atoms. The molecule has 224 valence electrons. The van der Waals surface area contributed by atoms with Crippen LogP contribution in [0.1, 0.15) is 62.3 Å². The Labute approximate surface area is 258 Å². The zero-order valence-electron chi connectivity index (χ0n) is 24.2. The summed E-state index contributed by atoms with van der Waals surface area (Å²) in [6, 6.07) is 2.25. The lowest BCUT2D eigenvalue weighted by atomic mass is 9.92. The summed E-state index contributed by atoms with van der Waals surface area (Å²) in [5.74, 6) is 1.06.